The van der Waals surface area contributed by atoms with E-state index in [9.17, 15) is 4.79 Å². The van der Waals surface area contributed by atoms with Gasteiger partial charge in [0, 0.05) is 6.20 Å². The van der Waals surface area contributed by atoms with Gasteiger partial charge in [-0.1, -0.05) is 0 Å². The monoisotopic (exact) mass is 196 g/mol. The van der Waals surface area contributed by atoms with Crippen molar-refractivity contribution in [2.45, 2.75) is 0 Å². The second-order valence-corrected chi connectivity index (χ2v) is 1.41. The molecule has 1 aromatic rings. The minimum Gasteiger partial charge on any atom is -0.476 e. The molecule has 0 unspecified atom stereocenters. The third-order valence-electron chi connectivity index (χ3n) is 0.791. The lowest BCUT2D eigenvalue weighted by atomic mass is 10.4. The number of carbonyl (C=O) groups is 1. The molecule has 11 heavy (non-hydrogen) atoms. The quantitative estimate of drug-likeness (QED) is 0.729. The van der Waals surface area contributed by atoms with Crippen molar-refractivity contribution < 1.29 is 9.90 Å². The van der Waals surface area contributed by atoms with Gasteiger partial charge in [-0.05, 0) is 12.1 Å². The van der Waals surface area contributed by atoms with Crippen molar-refractivity contribution in [1.82, 2.24) is 10.2 Å². The van der Waals surface area contributed by atoms with Gasteiger partial charge in [-0.25, -0.2) is 4.79 Å². The Morgan fingerprint density at radius 2 is 2.09 bits per heavy atom. The Morgan fingerprint density at radius 1 is 1.45 bits per heavy atom. The number of nitrogens with zero attached hydrogens (tertiary/aromatic N) is 2. The Kier molecular flexibility index (Phi) is 6.83. The van der Waals surface area contributed by atoms with Gasteiger partial charge in [0.25, 0.3) is 0 Å². The lowest BCUT2D eigenvalue weighted by Gasteiger charge is -1.85. The second kappa shape index (κ2) is 5.88. The normalized spacial score (nSPS) is 7.27. The maximum Gasteiger partial charge on any atom is 0.356 e. The third kappa shape index (κ3) is 3.75. The Hall–Kier alpha value is -0.870. The van der Waals surface area contributed by atoms with E-state index in [0.29, 0.717) is 0 Å². The smallest absolute Gasteiger partial charge is 0.356 e. The molecule has 1 heterocycles. The van der Waals surface area contributed by atoms with Crippen LogP contribution in [0.2, 0.25) is 0 Å². The predicted molar refractivity (Wildman–Crippen MR) is 43.5 cm³/mol. The molecule has 0 amide bonds. The molecule has 1 N–H and O–H groups in total. The zero-order chi connectivity index (χ0) is 6.69. The molecule has 0 saturated carbocycles. The first-order chi connectivity index (χ1) is 4.30. The van der Waals surface area contributed by atoms with Crippen LogP contribution in [0.25, 0.3) is 0 Å². The van der Waals surface area contributed by atoms with E-state index in [1.165, 1.54) is 18.3 Å². The van der Waals surface area contributed by atoms with Gasteiger partial charge in [0.15, 0.2) is 5.69 Å². The van der Waals surface area contributed by atoms with Crippen molar-refractivity contribution >= 4 is 30.8 Å². The van der Waals surface area contributed by atoms with E-state index < -0.39 is 5.97 Å². The van der Waals surface area contributed by atoms with Crippen LogP contribution in [0.4, 0.5) is 0 Å². The third-order valence-corrected chi connectivity index (χ3v) is 0.791. The van der Waals surface area contributed by atoms with E-state index in [4.69, 9.17) is 5.11 Å². The van der Waals surface area contributed by atoms with Gasteiger partial charge >= 0.3 is 5.97 Å². The number of aromatic carboxylic acids is 1. The van der Waals surface area contributed by atoms with Crippen LogP contribution in [-0.4, -0.2) is 21.3 Å². The van der Waals surface area contributed by atoms with Crippen LogP contribution < -0.4 is 0 Å². The van der Waals surface area contributed by atoms with E-state index >= 15 is 0 Å². The SMILES string of the molecule is Cl.Cl.O=C(O)c1cccnn1. The van der Waals surface area contributed by atoms with Gasteiger partial charge in [-0.15, -0.1) is 29.9 Å². The Bertz CT molecular complexity index is 217. The fraction of sp³-hybridized carbons (Fsp3) is 0. The average molecular weight is 197 g/mol. The number of rotatable bonds is 1. The number of halogens is 2. The van der Waals surface area contributed by atoms with Crippen LogP contribution in [0, 0.1) is 0 Å². The Morgan fingerprint density at radius 3 is 2.36 bits per heavy atom. The van der Waals surface area contributed by atoms with Crippen molar-refractivity contribution in [1.29, 1.82) is 0 Å². The van der Waals surface area contributed by atoms with E-state index in [2.05, 4.69) is 10.2 Å². The van der Waals surface area contributed by atoms with Crippen molar-refractivity contribution in [3.63, 3.8) is 0 Å². The highest BCUT2D eigenvalue weighted by molar-refractivity contribution is 5.85. The van der Waals surface area contributed by atoms with E-state index in [-0.39, 0.29) is 30.5 Å². The molecule has 1 rings (SSSR count). The first-order valence-electron chi connectivity index (χ1n) is 2.31. The molecule has 62 valence electrons. The van der Waals surface area contributed by atoms with Crippen LogP contribution in [0.15, 0.2) is 18.3 Å². The highest BCUT2D eigenvalue weighted by atomic mass is 35.5. The first kappa shape index (κ1) is 12.8. The van der Waals surface area contributed by atoms with E-state index in [1.807, 2.05) is 0 Å². The summed E-state index contributed by atoms with van der Waals surface area (Å²) < 4.78 is 0. The van der Waals surface area contributed by atoms with Crippen molar-refractivity contribution in [3.05, 3.63) is 24.0 Å². The topological polar surface area (TPSA) is 63.1 Å². The van der Waals surface area contributed by atoms with Crippen LogP contribution in [-0.2, 0) is 0 Å². The number of carboxylic acid groups (broad SMARTS) is 1. The summed E-state index contributed by atoms with van der Waals surface area (Å²) in [6, 6.07) is 2.91. The second-order valence-electron chi connectivity index (χ2n) is 1.41. The zero-order valence-electron chi connectivity index (χ0n) is 5.30. The van der Waals surface area contributed by atoms with Gasteiger partial charge in [-0.2, -0.15) is 5.10 Å². The summed E-state index contributed by atoms with van der Waals surface area (Å²) in [4.78, 5) is 10.1. The minimum absolute atomic E-state index is 0. The molecule has 0 radical (unpaired) electrons. The summed E-state index contributed by atoms with van der Waals surface area (Å²) in [5.41, 5.74) is -0.0301. The Balaban J connectivity index is 0. The molecule has 0 spiro atoms. The fourth-order valence-corrected chi connectivity index (χ4v) is 0.416. The van der Waals surface area contributed by atoms with Crippen LogP contribution in [0.5, 0.6) is 0 Å². The van der Waals surface area contributed by atoms with Crippen molar-refractivity contribution in [2.75, 3.05) is 0 Å². The standard InChI is InChI=1S/C5H4N2O2.2ClH/c8-5(9)4-2-1-3-6-7-4;;/h1-3H,(H,8,9);2*1H. The summed E-state index contributed by atoms with van der Waals surface area (Å²) in [5.74, 6) is -1.05. The van der Waals surface area contributed by atoms with Crippen LogP contribution >= 0.6 is 24.8 Å². The molecule has 0 aliphatic carbocycles. The summed E-state index contributed by atoms with van der Waals surface area (Å²) in [7, 11) is 0. The van der Waals surface area contributed by atoms with Gasteiger partial charge in [0.2, 0.25) is 0 Å². The van der Waals surface area contributed by atoms with Crippen LogP contribution in [0.1, 0.15) is 10.5 Å². The summed E-state index contributed by atoms with van der Waals surface area (Å²) in [5, 5.41) is 15.0. The predicted octanol–water partition coefficient (Wildman–Crippen LogP) is 1.02. The molecular formula is C5H6Cl2N2O2. The molecule has 0 aliphatic rings. The van der Waals surface area contributed by atoms with E-state index in [0.717, 1.165) is 0 Å². The molecular weight excluding hydrogens is 191 g/mol. The number of aromatic nitrogens is 2. The lowest BCUT2D eigenvalue weighted by molar-refractivity contribution is 0.0689. The molecule has 6 heteroatoms. The average Bonchev–Trinajstić information content (AvgIpc) is 1.90. The molecule has 0 atom stereocenters. The molecule has 0 aromatic carbocycles. The highest BCUT2D eigenvalue weighted by Gasteiger charge is 2.00. The minimum atomic E-state index is -1.05. The van der Waals surface area contributed by atoms with Crippen molar-refractivity contribution in [3.8, 4) is 0 Å². The van der Waals surface area contributed by atoms with Crippen LogP contribution in [0.3, 0.4) is 0 Å². The largest absolute Gasteiger partial charge is 0.476 e. The van der Waals surface area contributed by atoms with Crippen molar-refractivity contribution in [2.24, 2.45) is 0 Å². The molecule has 4 nitrogen and oxygen atoms in total. The highest BCUT2D eigenvalue weighted by Crippen LogP contribution is 1.87. The fourth-order valence-electron chi connectivity index (χ4n) is 0.416. The van der Waals surface area contributed by atoms with Gasteiger partial charge in [-0.3, -0.25) is 0 Å². The van der Waals surface area contributed by atoms with Gasteiger partial charge in [0.05, 0.1) is 0 Å². The maximum atomic E-state index is 10.1. The summed E-state index contributed by atoms with van der Waals surface area (Å²) in [6.07, 6.45) is 1.42. The molecule has 1 aromatic heterocycles. The first-order valence-corrected chi connectivity index (χ1v) is 2.31. The van der Waals surface area contributed by atoms with E-state index in [1.54, 1.807) is 0 Å². The van der Waals surface area contributed by atoms with Gasteiger partial charge in [0.1, 0.15) is 0 Å². The maximum absolute atomic E-state index is 10.1. The number of hydrogen-bond acceptors (Lipinski definition) is 3. The number of carboxylic acids is 1. The Labute approximate surface area is 75.5 Å². The summed E-state index contributed by atoms with van der Waals surface area (Å²) in [6.45, 7) is 0. The summed E-state index contributed by atoms with van der Waals surface area (Å²) >= 11 is 0. The van der Waals surface area contributed by atoms with Gasteiger partial charge < -0.3 is 5.11 Å². The molecule has 0 fully saturated rings. The molecule has 0 saturated heterocycles. The molecule has 0 aliphatic heterocycles. The molecule has 0 bridgehead atoms. The zero-order valence-corrected chi connectivity index (χ0v) is 6.93. The lowest BCUT2D eigenvalue weighted by Crippen LogP contribution is -1.99. The number of hydrogen-bond donors (Lipinski definition) is 1.